The predicted octanol–water partition coefficient (Wildman–Crippen LogP) is 2.34. The predicted molar refractivity (Wildman–Crippen MR) is 236 cm³/mol. The van der Waals surface area contributed by atoms with E-state index in [0.717, 1.165) is 31.2 Å². The fourth-order valence-electron chi connectivity index (χ4n) is 8.88. The lowest BCUT2D eigenvalue weighted by Crippen LogP contribution is -2.59. The molecule has 7 rings (SSSR count). The highest BCUT2D eigenvalue weighted by atomic mass is 16.8. The van der Waals surface area contributed by atoms with Gasteiger partial charge in [-0.05, 0) is 82.2 Å². The number of hydrogen-bond donors (Lipinski definition) is 6. The summed E-state index contributed by atoms with van der Waals surface area (Å²) in [5.41, 5.74) is 1.22. The average molecular weight is 921 g/mol. The fraction of sp³-hybridized carbons (Fsp3) is 0.592. The smallest absolute Gasteiger partial charge is 0.338 e. The lowest BCUT2D eigenvalue weighted by atomic mass is 9.90. The standard InChI is InChI=1S/C49H64N2O15/c1-48(2,3)65-39(54)20-19-34(26-52)50-44(58)35(23-29-10-6-5-7-11-29)51(4)45(59)31-24-36(43-37(25-31)64-49(66-43,32-15-16-32)33-17-18-33)62-46(60)30-14-8-12-28(22-30)13-9-21-61-47-42(57)41(56)40(55)38(27-53)63-47/h5-14,22,25,32-38,40-43,47,52-53,55-57H,15-21,23-24,26-27H2,1-4H3,(H,50,58)/t34-,35+,36+,37+,38+,40-,41-,42+,43-,47-/m0/s1. The Hall–Kier alpha value is -4.56. The lowest BCUT2D eigenvalue weighted by molar-refractivity contribution is -0.298. The Morgan fingerprint density at radius 3 is 2.30 bits per heavy atom. The van der Waals surface area contributed by atoms with Gasteiger partial charge >= 0.3 is 11.9 Å². The summed E-state index contributed by atoms with van der Waals surface area (Å²) in [5.74, 6) is -2.60. The van der Waals surface area contributed by atoms with E-state index in [1.807, 2.05) is 30.3 Å². The molecule has 4 fully saturated rings. The molecule has 2 saturated heterocycles. The van der Waals surface area contributed by atoms with Crippen molar-refractivity contribution in [3.63, 3.8) is 0 Å². The maximum atomic E-state index is 14.7. The molecule has 17 nitrogen and oxygen atoms in total. The zero-order chi connectivity index (χ0) is 47.3. The molecule has 6 N–H and O–H groups in total. The van der Waals surface area contributed by atoms with Gasteiger partial charge in [0.2, 0.25) is 11.8 Å². The first-order chi connectivity index (χ1) is 31.5. The van der Waals surface area contributed by atoms with Gasteiger partial charge < -0.3 is 64.2 Å². The molecule has 3 aliphatic carbocycles. The van der Waals surface area contributed by atoms with Gasteiger partial charge in [0.15, 0.2) is 12.1 Å². The molecule has 360 valence electrons. The van der Waals surface area contributed by atoms with E-state index in [2.05, 4.69) is 5.32 Å². The molecule has 66 heavy (non-hydrogen) atoms. The third-order valence-electron chi connectivity index (χ3n) is 12.6. The van der Waals surface area contributed by atoms with E-state index < -0.39 is 109 Å². The SMILES string of the molecule is CN(C(=O)C1=C[C@H]2OC(C3CC3)(C3CC3)O[C@H]2[C@H](OC(=O)c2cccc(C=CCO[C@H]3O[C@H](CO)[C@H](O)[C@H](O)[C@H]3O)c2)C1)[C@H](Cc1ccccc1)C(=O)N[C@H](CO)CCC(=O)OC(C)(C)C. The summed E-state index contributed by atoms with van der Waals surface area (Å²) in [5, 5.41) is 52.9. The molecular formula is C49H64N2O15. The molecule has 5 aliphatic rings. The molecule has 0 bridgehead atoms. The van der Waals surface area contributed by atoms with Crippen LogP contribution in [-0.4, -0.2) is 154 Å². The van der Waals surface area contributed by atoms with E-state index >= 15 is 0 Å². The molecule has 0 aromatic heterocycles. The third-order valence-corrected chi connectivity index (χ3v) is 12.6. The van der Waals surface area contributed by atoms with Gasteiger partial charge in [0.05, 0.1) is 31.4 Å². The van der Waals surface area contributed by atoms with Crippen LogP contribution in [0.25, 0.3) is 6.08 Å². The molecule has 2 heterocycles. The Morgan fingerprint density at radius 2 is 1.65 bits per heavy atom. The number of fused-ring (bicyclic) bond motifs is 1. The summed E-state index contributed by atoms with van der Waals surface area (Å²) in [4.78, 5) is 56.7. The number of benzene rings is 2. The van der Waals surface area contributed by atoms with E-state index in [0.29, 0.717) is 5.56 Å². The van der Waals surface area contributed by atoms with Crippen LogP contribution in [0.1, 0.15) is 87.2 Å². The number of carbonyl (C=O) groups excluding carboxylic acids is 4. The van der Waals surface area contributed by atoms with Gasteiger partial charge in [-0.25, -0.2) is 4.79 Å². The Kier molecular flexibility index (Phi) is 15.8. The zero-order valence-electron chi connectivity index (χ0n) is 37.9. The van der Waals surface area contributed by atoms with Gasteiger partial charge in [0.1, 0.15) is 54.4 Å². The van der Waals surface area contributed by atoms with Crippen LogP contribution in [0.2, 0.25) is 0 Å². The first-order valence-electron chi connectivity index (χ1n) is 22.9. The van der Waals surface area contributed by atoms with Crippen LogP contribution in [0.3, 0.4) is 0 Å². The lowest BCUT2D eigenvalue weighted by Gasteiger charge is -2.39. The number of nitrogens with zero attached hydrogens (tertiary/aromatic N) is 1. The summed E-state index contributed by atoms with van der Waals surface area (Å²) in [6.45, 7) is 4.17. The van der Waals surface area contributed by atoms with Crippen LogP contribution in [0.4, 0.5) is 0 Å². The van der Waals surface area contributed by atoms with Gasteiger partial charge in [-0.3, -0.25) is 14.4 Å². The number of amides is 2. The van der Waals surface area contributed by atoms with Crippen molar-refractivity contribution < 1.29 is 73.1 Å². The monoisotopic (exact) mass is 920 g/mol. The number of carbonyl (C=O) groups is 4. The van der Waals surface area contributed by atoms with Crippen molar-refractivity contribution in [2.24, 2.45) is 11.8 Å². The van der Waals surface area contributed by atoms with E-state index in [1.54, 1.807) is 63.3 Å². The molecule has 2 aromatic rings. The number of ether oxygens (including phenoxy) is 6. The highest BCUT2D eigenvalue weighted by Crippen LogP contribution is 2.59. The quantitative estimate of drug-likeness (QED) is 0.111. The number of esters is 2. The van der Waals surface area contributed by atoms with Crippen molar-refractivity contribution in [3.8, 4) is 0 Å². The van der Waals surface area contributed by atoms with Crippen molar-refractivity contribution in [2.45, 2.75) is 145 Å². The maximum absolute atomic E-state index is 14.7. The number of likely N-dealkylation sites (N-methyl/N-ethyl adjacent to an activating group) is 1. The number of nitrogens with one attached hydrogen (secondary N) is 1. The van der Waals surface area contributed by atoms with Gasteiger partial charge in [0, 0.05) is 43.7 Å². The van der Waals surface area contributed by atoms with Crippen LogP contribution < -0.4 is 5.32 Å². The molecule has 2 amide bonds. The first-order valence-corrected chi connectivity index (χ1v) is 22.9. The number of hydrogen-bond acceptors (Lipinski definition) is 15. The minimum absolute atomic E-state index is 0.0193. The van der Waals surface area contributed by atoms with E-state index in [4.69, 9.17) is 28.4 Å². The summed E-state index contributed by atoms with van der Waals surface area (Å²) in [7, 11) is 1.54. The Morgan fingerprint density at radius 1 is 0.939 bits per heavy atom. The second-order valence-electron chi connectivity index (χ2n) is 19.0. The summed E-state index contributed by atoms with van der Waals surface area (Å²) < 4.78 is 36.2. The van der Waals surface area contributed by atoms with Crippen molar-refractivity contribution in [3.05, 3.63) is 89.0 Å². The second-order valence-corrected chi connectivity index (χ2v) is 19.0. The molecule has 2 saturated carbocycles. The summed E-state index contributed by atoms with van der Waals surface area (Å²) >= 11 is 0. The van der Waals surface area contributed by atoms with Crippen molar-refractivity contribution >= 4 is 29.8 Å². The Balaban J connectivity index is 1.06. The molecular weight excluding hydrogens is 857 g/mol. The number of rotatable bonds is 19. The van der Waals surface area contributed by atoms with Crippen molar-refractivity contribution in [2.75, 3.05) is 26.9 Å². The molecule has 10 atom stereocenters. The molecule has 2 aliphatic heterocycles. The van der Waals surface area contributed by atoms with Crippen LogP contribution >= 0.6 is 0 Å². The summed E-state index contributed by atoms with van der Waals surface area (Å²) in [6.07, 6.45) is -0.384. The minimum Gasteiger partial charge on any atom is -0.460 e. The molecule has 2 aromatic carbocycles. The maximum Gasteiger partial charge on any atom is 0.338 e. The second kappa shape index (κ2) is 21.2. The van der Waals surface area contributed by atoms with Crippen LogP contribution in [-0.2, 0) is 49.2 Å². The van der Waals surface area contributed by atoms with Crippen molar-refractivity contribution in [1.82, 2.24) is 10.2 Å². The normalized spacial score (nSPS) is 28.2. The topological polar surface area (TPSA) is 240 Å². The molecule has 17 heteroatoms. The average Bonchev–Trinajstić information content (AvgIpc) is 4.25. The number of aliphatic hydroxyl groups excluding tert-OH is 5. The van der Waals surface area contributed by atoms with E-state index in [9.17, 15) is 44.7 Å². The largest absolute Gasteiger partial charge is 0.460 e. The molecule has 0 unspecified atom stereocenters. The van der Waals surface area contributed by atoms with Crippen LogP contribution in [0.15, 0.2) is 72.3 Å². The van der Waals surface area contributed by atoms with Gasteiger partial charge in [-0.15, -0.1) is 0 Å². The highest BCUT2D eigenvalue weighted by Gasteiger charge is 2.64. The van der Waals surface area contributed by atoms with Gasteiger partial charge in [-0.2, -0.15) is 0 Å². The fourth-order valence-corrected chi connectivity index (χ4v) is 8.88. The van der Waals surface area contributed by atoms with Gasteiger partial charge in [-0.1, -0.05) is 54.6 Å². The zero-order valence-corrected chi connectivity index (χ0v) is 37.9. The molecule has 0 spiro atoms. The minimum atomic E-state index is -1.57. The summed E-state index contributed by atoms with van der Waals surface area (Å²) in [6, 6.07) is 14.1. The Labute approximate surface area is 384 Å². The number of aliphatic hydroxyl groups is 5. The van der Waals surface area contributed by atoms with Crippen LogP contribution in [0, 0.1) is 11.8 Å². The highest BCUT2D eigenvalue weighted by molar-refractivity contribution is 5.97. The van der Waals surface area contributed by atoms with Gasteiger partial charge in [0.25, 0.3) is 0 Å². The first kappa shape index (κ1) is 49.3. The van der Waals surface area contributed by atoms with Crippen molar-refractivity contribution in [1.29, 1.82) is 0 Å². The van der Waals surface area contributed by atoms with Crippen LogP contribution in [0.5, 0.6) is 0 Å². The molecule has 0 radical (unpaired) electrons. The third kappa shape index (κ3) is 11.9. The van der Waals surface area contributed by atoms with E-state index in [-0.39, 0.29) is 55.3 Å². The van der Waals surface area contributed by atoms with E-state index in [1.165, 1.54) is 11.9 Å². The Bertz CT molecular complexity index is 2070.